The maximum Gasteiger partial charge on any atom is 0.304 e. The lowest BCUT2D eigenvalue weighted by molar-refractivity contribution is -0.144. The van der Waals surface area contributed by atoms with E-state index in [1.807, 2.05) is 24.3 Å². The Labute approximate surface area is 190 Å². The molecular formula is C25H26N2O4S. The Bertz CT molecular complexity index is 1140. The highest BCUT2D eigenvalue weighted by molar-refractivity contribution is 7.18. The summed E-state index contributed by atoms with van der Waals surface area (Å²) in [7, 11) is 0. The number of aryl methyl sites for hydroxylation is 1. The Morgan fingerprint density at radius 1 is 1.06 bits per heavy atom. The van der Waals surface area contributed by atoms with Crippen molar-refractivity contribution in [1.82, 2.24) is 4.98 Å². The first-order valence-electron chi connectivity index (χ1n) is 11.1. The number of rotatable bonds is 7. The Hall–Kier alpha value is -2.77. The molecule has 5 rings (SSSR count). The van der Waals surface area contributed by atoms with E-state index in [0.717, 1.165) is 58.3 Å². The number of carbonyl (C=O) groups excluding carboxylic acids is 1. The molecule has 0 bridgehead atoms. The summed E-state index contributed by atoms with van der Waals surface area (Å²) in [4.78, 5) is 32.2. The molecule has 1 saturated heterocycles. The number of nitrogens with zero attached hydrogens (tertiary/aromatic N) is 2. The van der Waals surface area contributed by atoms with Gasteiger partial charge in [0, 0.05) is 31.3 Å². The summed E-state index contributed by atoms with van der Waals surface area (Å²) in [6.45, 7) is 3.14. The summed E-state index contributed by atoms with van der Waals surface area (Å²) >= 11 is 1.62. The fraction of sp³-hybridized carbons (Fsp3) is 0.400. The second kappa shape index (κ2) is 8.64. The van der Waals surface area contributed by atoms with Crippen molar-refractivity contribution < 1.29 is 19.4 Å². The number of fused-ring (bicyclic) bond motifs is 2. The van der Waals surface area contributed by atoms with Crippen LogP contribution in [-0.4, -0.2) is 48.1 Å². The normalized spacial score (nSPS) is 17.4. The fourth-order valence-electron chi connectivity index (χ4n) is 5.04. The van der Waals surface area contributed by atoms with Crippen LogP contribution < -0.4 is 4.90 Å². The van der Waals surface area contributed by atoms with Crippen LogP contribution in [0.25, 0.3) is 10.2 Å². The third-order valence-corrected chi connectivity index (χ3v) is 7.70. The molecule has 2 heterocycles. The molecule has 1 N–H and O–H groups in total. The van der Waals surface area contributed by atoms with Crippen LogP contribution in [0.2, 0.25) is 0 Å². The van der Waals surface area contributed by atoms with Crippen LogP contribution in [0.3, 0.4) is 0 Å². The van der Waals surface area contributed by atoms with Crippen LogP contribution in [0, 0.1) is 5.41 Å². The van der Waals surface area contributed by atoms with Crippen molar-refractivity contribution >= 4 is 39.0 Å². The average Bonchev–Trinajstić information content (AvgIpc) is 3.38. The number of morpholine rings is 1. The SMILES string of the molecule is O=C(O)CC1(C(=O)CCc2nc3c(N4CCOCC4)cccc3s2)Cc2ccccc2C1. The van der Waals surface area contributed by atoms with Gasteiger partial charge in [-0.15, -0.1) is 11.3 Å². The predicted molar refractivity (Wildman–Crippen MR) is 125 cm³/mol. The third-order valence-electron chi connectivity index (χ3n) is 6.62. The number of anilines is 1. The standard InChI is InChI=1S/C25H26N2O4S/c28-21(25(16-23(29)30)14-17-4-1-2-5-18(17)15-25)8-9-22-26-24-19(6-3-7-20(24)32-22)27-10-12-31-13-11-27/h1-7H,8-16H2,(H,29,30). The van der Waals surface area contributed by atoms with E-state index in [2.05, 4.69) is 23.1 Å². The molecule has 166 valence electrons. The molecule has 0 atom stereocenters. The monoisotopic (exact) mass is 450 g/mol. The minimum absolute atomic E-state index is 0.0313. The molecule has 0 unspecified atom stereocenters. The van der Waals surface area contributed by atoms with Crippen molar-refractivity contribution in [3.63, 3.8) is 0 Å². The van der Waals surface area contributed by atoms with Crippen molar-refractivity contribution in [3.05, 3.63) is 58.6 Å². The van der Waals surface area contributed by atoms with Gasteiger partial charge >= 0.3 is 5.97 Å². The number of aromatic nitrogens is 1. The van der Waals surface area contributed by atoms with E-state index in [-0.39, 0.29) is 12.2 Å². The first kappa shape index (κ1) is 21.1. The number of thiazole rings is 1. The van der Waals surface area contributed by atoms with Gasteiger partial charge in [-0.3, -0.25) is 9.59 Å². The molecule has 2 aromatic carbocycles. The number of carboxylic acids is 1. The van der Waals surface area contributed by atoms with E-state index < -0.39 is 11.4 Å². The molecular weight excluding hydrogens is 424 g/mol. The Kier molecular flexibility index (Phi) is 5.69. The van der Waals surface area contributed by atoms with Crippen molar-refractivity contribution in [2.24, 2.45) is 5.41 Å². The Balaban J connectivity index is 1.34. The molecule has 1 aromatic heterocycles. The van der Waals surface area contributed by atoms with E-state index in [1.54, 1.807) is 11.3 Å². The van der Waals surface area contributed by atoms with Crippen LogP contribution in [-0.2, 0) is 33.6 Å². The minimum Gasteiger partial charge on any atom is -0.481 e. The quantitative estimate of drug-likeness (QED) is 0.588. The van der Waals surface area contributed by atoms with Gasteiger partial charge in [-0.2, -0.15) is 0 Å². The van der Waals surface area contributed by atoms with Crippen molar-refractivity contribution in [1.29, 1.82) is 0 Å². The van der Waals surface area contributed by atoms with E-state index in [1.165, 1.54) is 0 Å². The van der Waals surface area contributed by atoms with Crippen LogP contribution in [0.1, 0.15) is 29.0 Å². The summed E-state index contributed by atoms with van der Waals surface area (Å²) in [6, 6.07) is 14.1. The van der Waals surface area contributed by atoms with Gasteiger partial charge in [0.05, 0.1) is 35.0 Å². The predicted octanol–water partition coefficient (Wildman–Crippen LogP) is 3.89. The van der Waals surface area contributed by atoms with Gasteiger partial charge in [-0.05, 0) is 36.1 Å². The van der Waals surface area contributed by atoms with Gasteiger partial charge in [0.25, 0.3) is 0 Å². The zero-order valence-corrected chi connectivity index (χ0v) is 18.7. The van der Waals surface area contributed by atoms with Gasteiger partial charge in [-0.25, -0.2) is 4.98 Å². The number of Topliss-reactive ketones (excluding diaryl/α,β-unsaturated/α-hetero) is 1. The summed E-state index contributed by atoms with van der Waals surface area (Å²) in [5.41, 5.74) is 3.45. The van der Waals surface area contributed by atoms with Crippen molar-refractivity contribution in [2.75, 3.05) is 31.2 Å². The minimum atomic E-state index is -0.915. The van der Waals surface area contributed by atoms with Gasteiger partial charge < -0.3 is 14.7 Å². The number of carboxylic acid groups (broad SMARTS) is 1. The summed E-state index contributed by atoms with van der Waals surface area (Å²) < 4.78 is 6.59. The Morgan fingerprint density at radius 2 is 1.78 bits per heavy atom. The molecule has 0 spiro atoms. The smallest absolute Gasteiger partial charge is 0.304 e. The highest BCUT2D eigenvalue weighted by Crippen LogP contribution is 2.42. The molecule has 0 saturated carbocycles. The third kappa shape index (κ3) is 4.02. The summed E-state index contributed by atoms with van der Waals surface area (Å²) in [6.07, 6.45) is 1.75. The number of hydrogen-bond donors (Lipinski definition) is 1. The van der Waals surface area contributed by atoms with Crippen molar-refractivity contribution in [3.8, 4) is 0 Å². The van der Waals surface area contributed by atoms with Gasteiger partial charge in [0.2, 0.25) is 0 Å². The lowest BCUT2D eigenvalue weighted by atomic mass is 9.76. The number of ether oxygens (including phenoxy) is 1. The van der Waals surface area contributed by atoms with Crippen LogP contribution in [0.15, 0.2) is 42.5 Å². The van der Waals surface area contributed by atoms with Crippen LogP contribution >= 0.6 is 11.3 Å². The highest BCUT2D eigenvalue weighted by atomic mass is 32.1. The molecule has 2 aliphatic rings. The summed E-state index contributed by atoms with van der Waals surface area (Å²) in [5, 5.41) is 10.5. The molecule has 1 aliphatic heterocycles. The number of para-hydroxylation sites is 1. The number of hydrogen-bond acceptors (Lipinski definition) is 6. The second-order valence-electron chi connectivity index (χ2n) is 8.73. The van der Waals surface area contributed by atoms with Crippen molar-refractivity contribution in [2.45, 2.75) is 32.1 Å². The first-order chi connectivity index (χ1) is 15.5. The molecule has 0 amide bonds. The molecule has 1 aliphatic carbocycles. The summed E-state index contributed by atoms with van der Waals surface area (Å²) in [5.74, 6) is -0.884. The van der Waals surface area contributed by atoms with E-state index in [0.29, 0.717) is 25.7 Å². The molecule has 7 heteroatoms. The number of benzene rings is 2. The molecule has 3 aromatic rings. The number of carbonyl (C=O) groups is 2. The lowest BCUT2D eigenvalue weighted by Crippen LogP contribution is -2.36. The maximum atomic E-state index is 13.4. The number of ketones is 1. The molecule has 6 nitrogen and oxygen atoms in total. The van der Waals surface area contributed by atoms with Crippen LogP contribution in [0.4, 0.5) is 5.69 Å². The largest absolute Gasteiger partial charge is 0.481 e. The number of aliphatic carboxylic acids is 1. The van der Waals surface area contributed by atoms with Gasteiger partial charge in [0.15, 0.2) is 0 Å². The molecule has 0 radical (unpaired) electrons. The van der Waals surface area contributed by atoms with Gasteiger partial charge in [0.1, 0.15) is 11.3 Å². The van der Waals surface area contributed by atoms with Crippen LogP contribution in [0.5, 0.6) is 0 Å². The lowest BCUT2D eigenvalue weighted by Gasteiger charge is -2.28. The molecule has 1 fully saturated rings. The zero-order chi connectivity index (χ0) is 22.1. The Morgan fingerprint density at radius 3 is 2.47 bits per heavy atom. The maximum absolute atomic E-state index is 13.4. The molecule has 32 heavy (non-hydrogen) atoms. The highest BCUT2D eigenvalue weighted by Gasteiger charge is 2.44. The van der Waals surface area contributed by atoms with E-state index >= 15 is 0 Å². The van der Waals surface area contributed by atoms with E-state index in [9.17, 15) is 14.7 Å². The second-order valence-corrected chi connectivity index (χ2v) is 9.84. The van der Waals surface area contributed by atoms with E-state index in [4.69, 9.17) is 9.72 Å². The first-order valence-corrected chi connectivity index (χ1v) is 11.9. The zero-order valence-electron chi connectivity index (χ0n) is 17.9. The topological polar surface area (TPSA) is 79.7 Å². The van der Waals surface area contributed by atoms with Gasteiger partial charge in [-0.1, -0.05) is 30.3 Å². The average molecular weight is 451 g/mol. The fourth-order valence-corrected chi connectivity index (χ4v) is 6.02.